The van der Waals surface area contributed by atoms with Gasteiger partial charge in [0, 0.05) is 23.8 Å². The molecule has 0 aliphatic rings. The fraction of sp³-hybridized carbons (Fsp3) is 0.286. The first kappa shape index (κ1) is 21.5. The van der Waals surface area contributed by atoms with Gasteiger partial charge in [0.15, 0.2) is 12.4 Å². The molecule has 0 atom stereocenters. The lowest BCUT2D eigenvalue weighted by molar-refractivity contribution is -0.142. The molecule has 0 saturated carbocycles. The molecule has 28 heavy (non-hydrogen) atoms. The summed E-state index contributed by atoms with van der Waals surface area (Å²) in [5.41, 5.74) is 0.942. The smallest absolute Gasteiger partial charge is 0.306 e. The van der Waals surface area contributed by atoms with Crippen LogP contribution in [-0.4, -0.2) is 37.1 Å². The van der Waals surface area contributed by atoms with Gasteiger partial charge < -0.3 is 14.8 Å². The second-order valence-electron chi connectivity index (χ2n) is 5.95. The monoisotopic (exact) mass is 401 g/mol. The zero-order valence-electron chi connectivity index (χ0n) is 15.9. The number of ether oxygens (including phenoxy) is 2. The third kappa shape index (κ3) is 7.08. The molecule has 148 valence electrons. The van der Waals surface area contributed by atoms with E-state index in [4.69, 9.17) is 9.47 Å². The number of ketones is 1. The van der Waals surface area contributed by atoms with Gasteiger partial charge in [-0.2, -0.15) is 0 Å². The summed E-state index contributed by atoms with van der Waals surface area (Å²) in [5, 5.41) is 2.70. The van der Waals surface area contributed by atoms with Crippen LogP contribution in [-0.2, 0) is 14.3 Å². The molecule has 0 aliphatic heterocycles. The van der Waals surface area contributed by atoms with Crippen molar-refractivity contribution in [1.29, 1.82) is 0 Å². The van der Waals surface area contributed by atoms with Crippen LogP contribution in [0.5, 0.6) is 5.75 Å². The number of benzene rings is 2. The number of Topliss-reactive ketones (excluding diaryl/α,β-unsaturated/α-hetero) is 1. The van der Waals surface area contributed by atoms with Crippen molar-refractivity contribution in [2.45, 2.75) is 24.7 Å². The van der Waals surface area contributed by atoms with Crippen molar-refractivity contribution >= 4 is 35.1 Å². The van der Waals surface area contributed by atoms with Crippen LogP contribution >= 0.6 is 11.8 Å². The van der Waals surface area contributed by atoms with Crippen LogP contribution in [0.15, 0.2) is 53.4 Å². The summed E-state index contributed by atoms with van der Waals surface area (Å²) in [4.78, 5) is 36.3. The van der Waals surface area contributed by atoms with Crippen molar-refractivity contribution in [2.75, 3.05) is 24.8 Å². The Morgan fingerprint density at radius 1 is 1.07 bits per heavy atom. The summed E-state index contributed by atoms with van der Waals surface area (Å²) in [7, 11) is 0. The van der Waals surface area contributed by atoms with E-state index >= 15 is 0 Å². The highest BCUT2D eigenvalue weighted by Crippen LogP contribution is 2.26. The van der Waals surface area contributed by atoms with Crippen molar-refractivity contribution in [3.8, 4) is 5.75 Å². The van der Waals surface area contributed by atoms with Crippen LogP contribution in [0.1, 0.15) is 30.1 Å². The van der Waals surface area contributed by atoms with Gasteiger partial charge in [0.1, 0.15) is 5.75 Å². The number of carbonyl (C=O) groups excluding carboxylic acids is 3. The molecule has 0 radical (unpaired) electrons. The molecule has 0 fully saturated rings. The number of para-hydroxylation sites is 1. The van der Waals surface area contributed by atoms with Gasteiger partial charge in [-0.3, -0.25) is 14.4 Å². The van der Waals surface area contributed by atoms with E-state index in [0.717, 1.165) is 10.6 Å². The van der Waals surface area contributed by atoms with Gasteiger partial charge in [-0.1, -0.05) is 24.3 Å². The minimum atomic E-state index is -0.451. The van der Waals surface area contributed by atoms with Gasteiger partial charge >= 0.3 is 5.97 Å². The Balaban J connectivity index is 1.77. The van der Waals surface area contributed by atoms with Crippen molar-refractivity contribution < 1.29 is 23.9 Å². The van der Waals surface area contributed by atoms with Gasteiger partial charge in [0.2, 0.25) is 5.91 Å². The SMILES string of the molecule is CSc1ccc(C(=O)COC(=O)CCCOc2ccccc2)cc1NC(C)=O. The zero-order valence-corrected chi connectivity index (χ0v) is 16.7. The summed E-state index contributed by atoms with van der Waals surface area (Å²) in [5.74, 6) is -0.250. The summed E-state index contributed by atoms with van der Waals surface area (Å²) in [6, 6.07) is 14.3. The number of hydrogen-bond donors (Lipinski definition) is 1. The summed E-state index contributed by atoms with van der Waals surface area (Å²) in [6.45, 7) is 1.46. The number of thioether (sulfide) groups is 1. The number of amides is 1. The molecule has 7 heteroatoms. The average molecular weight is 401 g/mol. The van der Waals surface area contributed by atoms with Crippen LogP contribution in [0.4, 0.5) is 5.69 Å². The quantitative estimate of drug-likeness (QED) is 0.281. The highest BCUT2D eigenvalue weighted by atomic mass is 32.2. The Morgan fingerprint density at radius 2 is 1.82 bits per heavy atom. The molecule has 0 unspecified atom stereocenters. The molecule has 0 heterocycles. The molecule has 0 bridgehead atoms. The Hall–Kier alpha value is -2.80. The van der Waals surface area contributed by atoms with E-state index in [-0.39, 0.29) is 24.7 Å². The number of carbonyl (C=O) groups is 3. The Kier molecular flexibility index (Phi) is 8.55. The first-order valence-corrected chi connectivity index (χ1v) is 10.0. The topological polar surface area (TPSA) is 81.7 Å². The number of hydrogen-bond acceptors (Lipinski definition) is 6. The fourth-order valence-corrected chi connectivity index (χ4v) is 2.93. The summed E-state index contributed by atoms with van der Waals surface area (Å²) < 4.78 is 10.6. The standard InChI is InChI=1S/C21H23NO5S/c1-15(23)22-18-13-16(10-11-20(18)28-2)19(24)14-27-21(25)9-6-12-26-17-7-4-3-5-8-17/h3-5,7-8,10-11,13H,6,9,12,14H2,1-2H3,(H,22,23). The lowest BCUT2D eigenvalue weighted by atomic mass is 10.1. The number of anilines is 1. The van der Waals surface area contributed by atoms with Crippen molar-refractivity contribution in [3.05, 3.63) is 54.1 Å². The third-order valence-electron chi connectivity index (χ3n) is 3.73. The van der Waals surface area contributed by atoms with Crippen LogP contribution in [0.3, 0.4) is 0 Å². The van der Waals surface area contributed by atoms with Gasteiger partial charge in [-0.15, -0.1) is 11.8 Å². The predicted octanol–water partition coefficient (Wildman–Crippen LogP) is 3.95. The Bertz CT molecular complexity index is 823. The molecule has 1 N–H and O–H groups in total. The molecule has 6 nitrogen and oxygen atoms in total. The summed E-state index contributed by atoms with van der Waals surface area (Å²) >= 11 is 1.46. The van der Waals surface area contributed by atoms with Crippen LogP contribution in [0.25, 0.3) is 0 Å². The maximum absolute atomic E-state index is 12.3. The second-order valence-corrected chi connectivity index (χ2v) is 6.79. The van der Waals surface area contributed by atoms with E-state index in [9.17, 15) is 14.4 Å². The number of rotatable bonds is 10. The largest absolute Gasteiger partial charge is 0.494 e. The van der Waals surface area contributed by atoms with Crippen molar-refractivity contribution in [1.82, 2.24) is 0 Å². The average Bonchev–Trinajstić information content (AvgIpc) is 2.69. The van der Waals surface area contributed by atoms with Gasteiger partial charge in [-0.05, 0) is 36.9 Å². The molecule has 0 aliphatic carbocycles. The van der Waals surface area contributed by atoms with Gasteiger partial charge in [0.25, 0.3) is 0 Å². The van der Waals surface area contributed by atoms with Crippen LogP contribution in [0, 0.1) is 0 Å². The molecule has 0 saturated heterocycles. The minimum absolute atomic E-state index is 0.169. The molecule has 2 aromatic rings. The van der Waals surface area contributed by atoms with E-state index < -0.39 is 5.97 Å². The number of nitrogens with one attached hydrogen (secondary N) is 1. The second kappa shape index (κ2) is 11.1. The highest BCUT2D eigenvalue weighted by Gasteiger charge is 2.13. The van der Waals surface area contributed by atoms with E-state index in [1.165, 1.54) is 18.7 Å². The van der Waals surface area contributed by atoms with Crippen LogP contribution in [0.2, 0.25) is 0 Å². The normalized spacial score (nSPS) is 10.2. The maximum Gasteiger partial charge on any atom is 0.306 e. The van der Waals surface area contributed by atoms with E-state index in [2.05, 4.69) is 5.32 Å². The molecular weight excluding hydrogens is 378 g/mol. The van der Waals surface area contributed by atoms with E-state index in [0.29, 0.717) is 24.3 Å². The minimum Gasteiger partial charge on any atom is -0.494 e. The molecule has 2 rings (SSSR count). The van der Waals surface area contributed by atoms with Crippen molar-refractivity contribution in [3.63, 3.8) is 0 Å². The summed E-state index contributed by atoms with van der Waals surface area (Å²) in [6.07, 6.45) is 2.55. The van der Waals surface area contributed by atoms with E-state index in [1.54, 1.807) is 18.2 Å². The highest BCUT2D eigenvalue weighted by molar-refractivity contribution is 7.98. The maximum atomic E-state index is 12.3. The molecular formula is C21H23NO5S. The first-order valence-electron chi connectivity index (χ1n) is 8.82. The van der Waals surface area contributed by atoms with E-state index in [1.807, 2.05) is 36.6 Å². The van der Waals surface area contributed by atoms with Gasteiger partial charge in [0.05, 0.1) is 12.3 Å². The molecule has 0 aromatic heterocycles. The first-order chi connectivity index (χ1) is 13.5. The predicted molar refractivity (Wildman–Crippen MR) is 109 cm³/mol. The van der Waals surface area contributed by atoms with Crippen molar-refractivity contribution in [2.24, 2.45) is 0 Å². The lowest BCUT2D eigenvalue weighted by Crippen LogP contribution is -2.15. The third-order valence-corrected chi connectivity index (χ3v) is 4.53. The Morgan fingerprint density at radius 3 is 2.50 bits per heavy atom. The van der Waals surface area contributed by atoms with Gasteiger partial charge in [-0.25, -0.2) is 0 Å². The molecule has 2 aromatic carbocycles. The molecule has 0 spiro atoms. The van der Waals surface area contributed by atoms with Crippen LogP contribution < -0.4 is 10.1 Å². The fourth-order valence-electron chi connectivity index (χ4n) is 2.39. The lowest BCUT2D eigenvalue weighted by Gasteiger charge is -2.10. The molecule has 1 amide bonds. The zero-order chi connectivity index (χ0) is 20.4. The Labute approximate surface area is 168 Å². The number of esters is 1.